The van der Waals surface area contributed by atoms with E-state index >= 15 is 0 Å². The Morgan fingerprint density at radius 1 is 0.886 bits per heavy atom. The van der Waals surface area contributed by atoms with Crippen molar-refractivity contribution < 1.29 is 35.4 Å². The molecule has 44 heavy (non-hydrogen) atoms. The van der Waals surface area contributed by atoms with Crippen LogP contribution >= 0.6 is 11.6 Å². The molecule has 0 fully saturated rings. The topological polar surface area (TPSA) is 271 Å². The lowest BCUT2D eigenvalue weighted by atomic mass is 10.1. The molecule has 16 nitrogen and oxygen atoms in total. The van der Waals surface area contributed by atoms with Crippen molar-refractivity contribution in [1.82, 2.24) is 25.5 Å². The van der Waals surface area contributed by atoms with Crippen molar-refractivity contribution in [1.29, 1.82) is 5.41 Å². The number of guanidine groups is 1. The Kier molecular flexibility index (Phi) is 16.0. The number of hydrogen-bond acceptors (Lipinski definition) is 14. The van der Waals surface area contributed by atoms with Gasteiger partial charge in [0.2, 0.25) is 0 Å². The van der Waals surface area contributed by atoms with Crippen molar-refractivity contribution >= 4 is 40.8 Å². The number of aliphatic hydroxyl groups is 6. The highest BCUT2D eigenvalue weighted by Gasteiger charge is 2.19. The standard InChI is InChI=1S/C27H44ClN9O7/c28-23-25(30)34-24(29)22(33-23)26(44)35-27(31)32-8-2-1-3-17-4-6-18(7-5-17)37(13-21(43)16-40)10-9-36(11-19(41)14-38)12-20(42)15-39/h4-7,19-21,38-43H,1-3,8-16H2,(H4,29,30,34)(H3,31,32,35,44)/t19-,20-,21-/m0/s1. The molecule has 1 aromatic heterocycles. The molecule has 17 heteroatoms. The lowest BCUT2D eigenvalue weighted by molar-refractivity contribution is 0.0240. The normalized spacial score (nSPS) is 13.4. The van der Waals surface area contributed by atoms with Crippen LogP contribution in [0.15, 0.2) is 24.3 Å². The Morgan fingerprint density at radius 2 is 1.48 bits per heavy atom. The van der Waals surface area contributed by atoms with Crippen molar-refractivity contribution in [2.75, 3.05) is 75.5 Å². The molecule has 1 amide bonds. The summed E-state index contributed by atoms with van der Waals surface area (Å²) in [6.45, 7) is 0.179. The summed E-state index contributed by atoms with van der Waals surface area (Å²) in [5, 5.41) is 70.6. The first kappa shape index (κ1) is 36.8. The minimum Gasteiger partial charge on any atom is -0.394 e. The monoisotopic (exact) mass is 641 g/mol. The van der Waals surface area contributed by atoms with Gasteiger partial charge < -0.3 is 52.3 Å². The molecule has 2 aromatic rings. The predicted octanol–water partition coefficient (Wildman–Crippen LogP) is -2.26. The second-order valence-electron chi connectivity index (χ2n) is 10.2. The summed E-state index contributed by atoms with van der Waals surface area (Å²) in [7, 11) is 0. The van der Waals surface area contributed by atoms with E-state index in [1.807, 2.05) is 29.2 Å². The third-order valence-electron chi connectivity index (χ3n) is 6.54. The van der Waals surface area contributed by atoms with Crippen LogP contribution < -0.4 is 27.0 Å². The van der Waals surface area contributed by atoms with Crippen LogP contribution in [0, 0.1) is 5.41 Å². The molecule has 13 N–H and O–H groups in total. The number of anilines is 3. The fraction of sp³-hybridized carbons (Fsp3) is 0.556. The van der Waals surface area contributed by atoms with E-state index in [2.05, 4.69) is 20.6 Å². The molecule has 1 heterocycles. The summed E-state index contributed by atoms with van der Waals surface area (Å²) in [5.74, 6) is -1.27. The van der Waals surface area contributed by atoms with E-state index in [1.54, 1.807) is 4.90 Å². The van der Waals surface area contributed by atoms with E-state index in [0.29, 0.717) is 26.1 Å². The highest BCUT2D eigenvalue weighted by Crippen LogP contribution is 2.18. The van der Waals surface area contributed by atoms with E-state index in [0.717, 1.165) is 24.1 Å². The number of rotatable bonds is 19. The van der Waals surface area contributed by atoms with Crippen LogP contribution in [0.5, 0.6) is 0 Å². The highest BCUT2D eigenvalue weighted by molar-refractivity contribution is 6.31. The van der Waals surface area contributed by atoms with Gasteiger partial charge in [0, 0.05) is 45.0 Å². The number of hydrogen-bond donors (Lipinski definition) is 11. The fourth-order valence-electron chi connectivity index (χ4n) is 4.24. The molecule has 2 rings (SSSR count). The maximum Gasteiger partial charge on any atom is 0.280 e. The molecule has 0 saturated heterocycles. The first-order chi connectivity index (χ1) is 21.0. The molecule has 0 aliphatic heterocycles. The van der Waals surface area contributed by atoms with E-state index in [1.165, 1.54) is 0 Å². The number of aryl methyl sites for hydroxylation is 1. The van der Waals surface area contributed by atoms with Crippen molar-refractivity contribution in [3.05, 3.63) is 40.7 Å². The summed E-state index contributed by atoms with van der Waals surface area (Å²) in [5.41, 5.74) is 12.8. The average molecular weight is 642 g/mol. The number of amides is 1. The van der Waals surface area contributed by atoms with E-state index in [-0.39, 0.29) is 48.1 Å². The number of aromatic nitrogens is 2. The van der Waals surface area contributed by atoms with E-state index in [4.69, 9.17) is 28.5 Å². The van der Waals surface area contributed by atoms with Crippen LogP contribution in [0.25, 0.3) is 0 Å². The number of unbranched alkanes of at least 4 members (excludes halogenated alkanes) is 1. The number of aliphatic hydroxyl groups excluding tert-OH is 6. The van der Waals surface area contributed by atoms with Gasteiger partial charge in [-0.25, -0.2) is 9.97 Å². The number of nitrogens with one attached hydrogen (secondary N) is 3. The van der Waals surface area contributed by atoms with Crippen LogP contribution in [-0.4, -0.2) is 135 Å². The zero-order chi connectivity index (χ0) is 32.6. The SMILES string of the molecule is N=C(NCCCCc1ccc(N(CCN(C[C@H](O)CO)C[C@H](O)CO)C[C@H](O)CO)cc1)NC(=O)c1nc(Cl)c(N)nc1N. The van der Waals surface area contributed by atoms with Gasteiger partial charge in [-0.1, -0.05) is 23.7 Å². The van der Waals surface area contributed by atoms with Gasteiger partial charge >= 0.3 is 0 Å². The molecule has 0 unspecified atom stereocenters. The Labute approximate surface area is 260 Å². The molecule has 0 saturated carbocycles. The van der Waals surface area contributed by atoms with Gasteiger partial charge in [0.1, 0.15) is 0 Å². The Balaban J connectivity index is 1.86. The van der Waals surface area contributed by atoms with Crippen LogP contribution in [0.1, 0.15) is 28.9 Å². The maximum atomic E-state index is 12.3. The highest BCUT2D eigenvalue weighted by atomic mass is 35.5. The Morgan fingerprint density at radius 3 is 2.07 bits per heavy atom. The van der Waals surface area contributed by atoms with E-state index < -0.39 is 44.0 Å². The van der Waals surface area contributed by atoms with Crippen LogP contribution in [0.4, 0.5) is 17.3 Å². The number of halogens is 1. The fourth-order valence-corrected chi connectivity index (χ4v) is 4.36. The smallest absolute Gasteiger partial charge is 0.280 e. The zero-order valence-corrected chi connectivity index (χ0v) is 25.2. The van der Waals surface area contributed by atoms with Gasteiger partial charge in [0.15, 0.2) is 28.4 Å². The number of carbonyl (C=O) groups is 1. The van der Waals surface area contributed by atoms with Crippen LogP contribution in [-0.2, 0) is 6.42 Å². The summed E-state index contributed by atoms with van der Waals surface area (Å²) in [6, 6.07) is 7.71. The number of carbonyl (C=O) groups excluding carboxylic acids is 1. The molecule has 0 aliphatic rings. The molecular weight excluding hydrogens is 598 g/mol. The summed E-state index contributed by atoms with van der Waals surface area (Å²) in [6.07, 6.45) is -0.760. The second kappa shape index (κ2) is 19.1. The third-order valence-corrected chi connectivity index (χ3v) is 6.82. The number of nitrogens with two attached hydrogens (primary N) is 2. The minimum atomic E-state index is -1.01. The van der Waals surface area contributed by atoms with Crippen molar-refractivity contribution in [3.8, 4) is 0 Å². The van der Waals surface area contributed by atoms with Gasteiger partial charge in [-0.2, -0.15) is 0 Å². The Bertz CT molecular complexity index is 1170. The molecule has 3 atom stereocenters. The van der Waals surface area contributed by atoms with Gasteiger partial charge in [0.05, 0.1) is 38.1 Å². The average Bonchev–Trinajstić information content (AvgIpc) is 3.00. The lowest BCUT2D eigenvalue weighted by Crippen LogP contribution is -2.45. The molecule has 0 aliphatic carbocycles. The number of nitrogens with zero attached hydrogens (tertiary/aromatic N) is 4. The van der Waals surface area contributed by atoms with Gasteiger partial charge in [-0.3, -0.25) is 20.4 Å². The summed E-state index contributed by atoms with van der Waals surface area (Å²) < 4.78 is 0. The first-order valence-corrected chi connectivity index (χ1v) is 14.5. The predicted molar refractivity (Wildman–Crippen MR) is 166 cm³/mol. The second-order valence-corrected chi connectivity index (χ2v) is 10.6. The minimum absolute atomic E-state index is 0.0877. The summed E-state index contributed by atoms with van der Waals surface area (Å²) >= 11 is 5.79. The molecule has 0 spiro atoms. The molecule has 0 radical (unpaired) electrons. The quantitative estimate of drug-likeness (QED) is 0.0439. The zero-order valence-electron chi connectivity index (χ0n) is 24.4. The molecular formula is C27H44ClN9O7. The molecule has 0 bridgehead atoms. The van der Waals surface area contributed by atoms with Crippen LogP contribution in [0.2, 0.25) is 5.15 Å². The van der Waals surface area contributed by atoms with E-state index in [9.17, 15) is 35.4 Å². The van der Waals surface area contributed by atoms with Crippen LogP contribution in [0.3, 0.4) is 0 Å². The Hall–Kier alpha value is -3.35. The molecule has 246 valence electrons. The van der Waals surface area contributed by atoms with Crippen molar-refractivity contribution in [2.45, 2.75) is 37.6 Å². The number of nitrogen functional groups attached to an aromatic ring is 2. The van der Waals surface area contributed by atoms with Crippen molar-refractivity contribution in [3.63, 3.8) is 0 Å². The van der Waals surface area contributed by atoms with Crippen molar-refractivity contribution in [2.24, 2.45) is 0 Å². The molecule has 1 aromatic carbocycles. The van der Waals surface area contributed by atoms with Gasteiger partial charge in [0.25, 0.3) is 5.91 Å². The number of benzene rings is 1. The first-order valence-electron chi connectivity index (χ1n) is 14.1. The van der Waals surface area contributed by atoms with Gasteiger partial charge in [-0.05, 0) is 37.0 Å². The lowest BCUT2D eigenvalue weighted by Gasteiger charge is -2.32. The maximum absolute atomic E-state index is 12.3. The summed E-state index contributed by atoms with van der Waals surface area (Å²) in [4.78, 5) is 23.4. The van der Waals surface area contributed by atoms with Gasteiger partial charge in [-0.15, -0.1) is 0 Å². The largest absolute Gasteiger partial charge is 0.394 e. The third kappa shape index (κ3) is 12.7.